The number of nitrogens with zero attached hydrogens (tertiary/aromatic N) is 1. The molecule has 0 unspecified atom stereocenters. The highest BCUT2D eigenvalue weighted by atomic mass is 127. The molecule has 1 N–H and O–H groups in total. The van der Waals surface area contributed by atoms with E-state index < -0.39 is 0 Å². The lowest BCUT2D eigenvalue weighted by atomic mass is 10.0. The molecule has 2 aromatic rings. The van der Waals surface area contributed by atoms with Crippen molar-refractivity contribution in [1.29, 1.82) is 0 Å². The fourth-order valence-corrected chi connectivity index (χ4v) is 3.41. The summed E-state index contributed by atoms with van der Waals surface area (Å²) in [4.78, 5) is 0. The molecule has 80 valence electrons. The third kappa shape index (κ3) is 1.79. The number of rotatable bonds is 2. The maximum absolute atomic E-state index is 9.37. The molecule has 0 aliphatic rings. The zero-order valence-corrected chi connectivity index (χ0v) is 11.6. The smallest absolute Gasteiger partial charge is 0.0691 e. The molecule has 0 bridgehead atoms. The minimum atomic E-state index is 0.110. The van der Waals surface area contributed by atoms with Gasteiger partial charge in [0.15, 0.2) is 0 Å². The lowest BCUT2D eigenvalue weighted by molar-refractivity contribution is 0.282. The van der Waals surface area contributed by atoms with Crippen molar-refractivity contribution in [3.05, 3.63) is 35.0 Å². The van der Waals surface area contributed by atoms with Gasteiger partial charge in [-0.1, -0.05) is 6.07 Å². The molecule has 2 nitrogen and oxygen atoms in total. The van der Waals surface area contributed by atoms with Crippen LogP contribution in [0.25, 0.3) is 10.9 Å². The van der Waals surface area contributed by atoms with E-state index in [2.05, 4.69) is 44.2 Å². The number of hydrogen-bond donors (Lipinski definition) is 1. The highest BCUT2D eigenvalue weighted by Crippen LogP contribution is 2.31. The lowest BCUT2D eigenvalue weighted by Gasteiger charge is -2.09. The molecule has 1 heterocycles. The summed E-state index contributed by atoms with van der Waals surface area (Å²) in [6.45, 7) is 4.27. The quantitative estimate of drug-likeness (QED) is 0.850. The van der Waals surface area contributed by atoms with Crippen LogP contribution in [0.5, 0.6) is 0 Å². The first-order valence-corrected chi connectivity index (χ1v) is 8.00. The van der Waals surface area contributed by atoms with Crippen molar-refractivity contribution in [1.82, 2.24) is 3.97 Å². The summed E-state index contributed by atoms with van der Waals surface area (Å²) in [6, 6.07) is 4.21. The molecule has 0 spiro atoms. The van der Waals surface area contributed by atoms with Crippen molar-refractivity contribution in [2.45, 2.75) is 20.5 Å². The highest BCUT2D eigenvalue weighted by Gasteiger charge is 2.10. The van der Waals surface area contributed by atoms with Gasteiger partial charge in [0, 0.05) is 41.9 Å². The molecule has 1 aromatic carbocycles. The van der Waals surface area contributed by atoms with Crippen molar-refractivity contribution >= 4 is 41.2 Å². The van der Waals surface area contributed by atoms with Crippen LogP contribution in [-0.2, 0) is 6.61 Å². The molecule has 0 fully saturated rings. The number of aliphatic hydroxyl groups is 1. The molecule has 0 saturated carbocycles. The molecule has 0 radical (unpaired) electrons. The second kappa shape index (κ2) is 4.35. The number of benzene rings is 1. The number of aliphatic hydroxyl groups excluding tert-OH is 1. The van der Waals surface area contributed by atoms with Crippen LogP contribution in [0.15, 0.2) is 18.3 Å². The van der Waals surface area contributed by atoms with Gasteiger partial charge in [-0.2, -0.15) is 0 Å². The van der Waals surface area contributed by atoms with Gasteiger partial charge in [-0.15, -0.1) is 0 Å². The summed E-state index contributed by atoms with van der Waals surface area (Å²) >= 11 is 2.26. The Kier molecular flexibility index (Phi) is 3.27. The van der Waals surface area contributed by atoms with Crippen molar-refractivity contribution < 1.29 is 5.11 Å². The zero-order chi connectivity index (χ0) is 11.0. The van der Waals surface area contributed by atoms with E-state index in [-0.39, 0.29) is 6.61 Å². The topological polar surface area (TPSA) is 25.2 Å². The Morgan fingerprint density at radius 1 is 1.40 bits per heavy atom. The van der Waals surface area contributed by atoms with Gasteiger partial charge in [-0.3, -0.25) is 3.97 Å². The second-order valence-corrected chi connectivity index (χ2v) is 5.33. The molecule has 0 aliphatic heterocycles. The first-order chi connectivity index (χ1) is 7.19. The molecule has 2 rings (SSSR count). The van der Waals surface area contributed by atoms with Crippen LogP contribution in [0.1, 0.15) is 16.7 Å². The number of fused-ring (bicyclic) bond motifs is 1. The second-order valence-electron chi connectivity index (χ2n) is 3.62. The first kappa shape index (κ1) is 11.3. The van der Waals surface area contributed by atoms with Gasteiger partial charge in [0.2, 0.25) is 0 Å². The van der Waals surface area contributed by atoms with Crippen molar-refractivity contribution in [2.24, 2.45) is 0 Å². The molecule has 15 heavy (non-hydrogen) atoms. The van der Waals surface area contributed by atoms with E-state index in [0.29, 0.717) is 0 Å². The number of aromatic nitrogens is 1. The lowest BCUT2D eigenvalue weighted by Crippen LogP contribution is -1.93. The van der Waals surface area contributed by atoms with E-state index in [4.69, 9.17) is 0 Å². The molecular formula is C11H12INOS. The maximum Gasteiger partial charge on any atom is 0.0691 e. The Morgan fingerprint density at radius 3 is 2.73 bits per heavy atom. The highest BCUT2D eigenvalue weighted by molar-refractivity contribution is 14.2. The van der Waals surface area contributed by atoms with Crippen LogP contribution in [0.4, 0.5) is 0 Å². The van der Waals surface area contributed by atoms with Crippen LogP contribution >= 0.6 is 30.3 Å². The third-order valence-electron chi connectivity index (χ3n) is 2.69. The zero-order valence-electron chi connectivity index (χ0n) is 8.62. The monoisotopic (exact) mass is 333 g/mol. The van der Waals surface area contributed by atoms with Gasteiger partial charge >= 0.3 is 0 Å². The Morgan fingerprint density at radius 2 is 2.13 bits per heavy atom. The van der Waals surface area contributed by atoms with Crippen molar-refractivity contribution in [2.75, 3.05) is 0 Å². The Balaban J connectivity index is 2.86. The summed E-state index contributed by atoms with van der Waals surface area (Å²) in [5, 5.41) is 10.5. The normalized spacial score (nSPS) is 11.2. The standard InChI is InChI=1S/C11H12INOS/c1-7-5-8(2)11-9(10(7)6-14)3-4-13(11)15-12/h3-5,14H,6H2,1-2H3. The molecule has 0 atom stereocenters. The van der Waals surface area contributed by atoms with Gasteiger partial charge in [0.1, 0.15) is 0 Å². The fourth-order valence-electron chi connectivity index (χ4n) is 2.00. The average Bonchev–Trinajstić information content (AvgIpc) is 2.62. The van der Waals surface area contributed by atoms with E-state index in [0.717, 1.165) is 5.56 Å². The van der Waals surface area contributed by atoms with Crippen molar-refractivity contribution in [3.8, 4) is 0 Å². The predicted molar refractivity (Wildman–Crippen MR) is 74.3 cm³/mol. The first-order valence-electron chi connectivity index (χ1n) is 4.69. The van der Waals surface area contributed by atoms with Gasteiger partial charge < -0.3 is 5.11 Å². The van der Waals surface area contributed by atoms with Crippen LogP contribution in [0, 0.1) is 13.8 Å². The Hall–Kier alpha value is -0.200. The van der Waals surface area contributed by atoms with Gasteiger partial charge in [0.25, 0.3) is 0 Å². The van der Waals surface area contributed by atoms with Crippen molar-refractivity contribution in [3.63, 3.8) is 0 Å². The largest absolute Gasteiger partial charge is 0.392 e. The van der Waals surface area contributed by atoms with E-state index in [9.17, 15) is 5.11 Å². The third-order valence-corrected chi connectivity index (χ3v) is 4.42. The van der Waals surface area contributed by atoms with Gasteiger partial charge in [0.05, 0.1) is 12.1 Å². The molecule has 4 heteroatoms. The van der Waals surface area contributed by atoms with Gasteiger partial charge in [-0.05, 0) is 36.6 Å². The molecule has 0 amide bonds. The van der Waals surface area contributed by atoms with E-state index in [1.165, 1.54) is 22.0 Å². The maximum atomic E-state index is 9.37. The van der Waals surface area contributed by atoms with Crippen LogP contribution < -0.4 is 0 Å². The van der Waals surface area contributed by atoms with E-state index in [1.807, 2.05) is 13.1 Å². The van der Waals surface area contributed by atoms with E-state index in [1.54, 1.807) is 9.12 Å². The van der Waals surface area contributed by atoms with Gasteiger partial charge in [-0.25, -0.2) is 0 Å². The fraction of sp³-hybridized carbons (Fsp3) is 0.273. The Labute approximate surface area is 105 Å². The molecule has 0 aliphatic carbocycles. The summed E-state index contributed by atoms with van der Waals surface area (Å²) in [6.07, 6.45) is 2.05. The summed E-state index contributed by atoms with van der Waals surface area (Å²) in [5.41, 5.74) is 4.68. The SMILES string of the molecule is Cc1cc(C)c2c(ccn2SI)c1CO. The van der Waals surface area contributed by atoms with E-state index >= 15 is 0 Å². The van der Waals surface area contributed by atoms with Crippen LogP contribution in [0.2, 0.25) is 0 Å². The molecule has 1 aromatic heterocycles. The number of hydrogen-bond acceptors (Lipinski definition) is 2. The predicted octanol–water partition coefficient (Wildman–Crippen LogP) is 3.60. The Bertz CT molecular complexity index is 507. The molecule has 0 saturated heterocycles. The average molecular weight is 333 g/mol. The summed E-state index contributed by atoms with van der Waals surface area (Å²) in [5.74, 6) is 0. The summed E-state index contributed by atoms with van der Waals surface area (Å²) < 4.78 is 2.13. The minimum absolute atomic E-state index is 0.110. The molecular weight excluding hydrogens is 321 g/mol. The number of halogens is 1. The number of aryl methyl sites for hydroxylation is 2. The minimum Gasteiger partial charge on any atom is -0.392 e. The van der Waals surface area contributed by atoms with Crippen LogP contribution in [-0.4, -0.2) is 9.08 Å². The van der Waals surface area contributed by atoms with Crippen LogP contribution in [0.3, 0.4) is 0 Å². The summed E-state index contributed by atoms with van der Waals surface area (Å²) in [7, 11) is 1.65.